The Hall–Kier alpha value is -4.04. The van der Waals surface area contributed by atoms with Gasteiger partial charge in [-0.3, -0.25) is 4.79 Å². The summed E-state index contributed by atoms with van der Waals surface area (Å²) in [5, 5.41) is 4.97. The first-order valence-corrected chi connectivity index (χ1v) is 10.2. The number of nitrogens with zero attached hydrogens (tertiary/aromatic N) is 4. The summed E-state index contributed by atoms with van der Waals surface area (Å²) in [4.78, 5) is 17.1. The molecule has 0 unspecified atom stereocenters. The van der Waals surface area contributed by atoms with Gasteiger partial charge in [-0.05, 0) is 61.2 Å². The van der Waals surface area contributed by atoms with Crippen molar-refractivity contribution in [3.8, 4) is 11.4 Å². The van der Waals surface area contributed by atoms with Crippen molar-refractivity contribution < 1.29 is 8.78 Å². The minimum Gasteiger partial charge on any atom is -0.405 e. The largest absolute Gasteiger partial charge is 0.405 e. The number of aromatic nitrogens is 3. The van der Waals surface area contributed by atoms with E-state index in [0.717, 1.165) is 18.0 Å². The Morgan fingerprint density at radius 3 is 2.55 bits per heavy atom. The van der Waals surface area contributed by atoms with E-state index in [0.29, 0.717) is 22.1 Å². The predicted molar refractivity (Wildman–Crippen MR) is 125 cm³/mol. The van der Waals surface area contributed by atoms with Crippen molar-refractivity contribution in [2.45, 2.75) is 6.92 Å². The lowest BCUT2D eigenvalue weighted by molar-refractivity contribution is 0.516. The van der Waals surface area contributed by atoms with Gasteiger partial charge < -0.3 is 10.3 Å². The molecule has 2 N–H and O–H groups in total. The third kappa shape index (κ3) is 4.75. The van der Waals surface area contributed by atoms with Crippen LogP contribution in [0.3, 0.4) is 0 Å². The van der Waals surface area contributed by atoms with Crippen LogP contribution in [0.15, 0.2) is 89.2 Å². The molecule has 0 aliphatic rings. The van der Waals surface area contributed by atoms with Crippen LogP contribution >= 0.6 is 11.6 Å². The van der Waals surface area contributed by atoms with E-state index in [4.69, 9.17) is 17.3 Å². The van der Waals surface area contributed by atoms with Crippen molar-refractivity contribution >= 4 is 23.0 Å². The zero-order valence-corrected chi connectivity index (χ0v) is 18.2. The average molecular weight is 466 g/mol. The highest BCUT2D eigenvalue weighted by Gasteiger charge is 2.12. The number of hydrogen-bond acceptors (Lipinski definition) is 4. The van der Waals surface area contributed by atoms with Gasteiger partial charge in [-0.2, -0.15) is 5.10 Å². The van der Waals surface area contributed by atoms with Gasteiger partial charge in [0.2, 0.25) is 5.43 Å². The van der Waals surface area contributed by atoms with Gasteiger partial charge in [0.15, 0.2) is 17.3 Å². The summed E-state index contributed by atoms with van der Waals surface area (Å²) in [7, 11) is 0. The first-order valence-electron chi connectivity index (χ1n) is 9.83. The Balaban J connectivity index is 1.77. The quantitative estimate of drug-likeness (QED) is 0.428. The number of allylic oxidation sites excluding steroid dienone is 1. The molecule has 6 nitrogen and oxygen atoms in total. The molecule has 0 spiro atoms. The van der Waals surface area contributed by atoms with E-state index in [1.807, 2.05) is 6.92 Å². The predicted octanol–water partition coefficient (Wildman–Crippen LogP) is 4.86. The molecule has 4 aromatic rings. The third-order valence-electron chi connectivity index (χ3n) is 4.82. The fraction of sp³-hybridized carbons (Fsp3) is 0.0417. The van der Waals surface area contributed by atoms with Gasteiger partial charge in [0.1, 0.15) is 0 Å². The van der Waals surface area contributed by atoms with Crippen LogP contribution in [0.25, 0.3) is 11.4 Å². The third-order valence-corrected chi connectivity index (χ3v) is 5.06. The van der Waals surface area contributed by atoms with Crippen LogP contribution < -0.4 is 11.2 Å². The van der Waals surface area contributed by atoms with Crippen LogP contribution in [-0.4, -0.2) is 20.1 Å². The summed E-state index contributed by atoms with van der Waals surface area (Å²) in [6, 6.07) is 13.4. The van der Waals surface area contributed by atoms with Crippen LogP contribution in [0.2, 0.25) is 5.02 Å². The van der Waals surface area contributed by atoms with Crippen LogP contribution in [-0.2, 0) is 0 Å². The molecule has 166 valence electrons. The fourth-order valence-corrected chi connectivity index (χ4v) is 3.46. The summed E-state index contributed by atoms with van der Waals surface area (Å²) >= 11 is 6.04. The van der Waals surface area contributed by atoms with Crippen molar-refractivity contribution in [2.75, 3.05) is 0 Å². The lowest BCUT2D eigenvalue weighted by Gasteiger charge is -2.12. The van der Waals surface area contributed by atoms with E-state index in [9.17, 15) is 13.6 Å². The molecule has 2 aromatic carbocycles. The van der Waals surface area contributed by atoms with E-state index in [1.165, 1.54) is 33.8 Å². The summed E-state index contributed by atoms with van der Waals surface area (Å²) in [6.07, 6.45) is 6.43. The summed E-state index contributed by atoms with van der Waals surface area (Å²) in [5.41, 5.74) is 8.17. The van der Waals surface area contributed by atoms with E-state index in [1.54, 1.807) is 42.5 Å². The Morgan fingerprint density at radius 2 is 1.88 bits per heavy atom. The Kier molecular flexibility index (Phi) is 6.19. The maximum atomic E-state index is 13.4. The molecule has 0 amide bonds. The van der Waals surface area contributed by atoms with E-state index in [2.05, 4.69) is 10.1 Å². The molecular formula is C24H18ClF2N5O. The van der Waals surface area contributed by atoms with Gasteiger partial charge in [0.05, 0.1) is 17.1 Å². The highest BCUT2D eigenvalue weighted by molar-refractivity contribution is 6.30. The summed E-state index contributed by atoms with van der Waals surface area (Å²) in [5.74, 6) is -1.86. The van der Waals surface area contributed by atoms with E-state index in [-0.39, 0.29) is 16.8 Å². The van der Waals surface area contributed by atoms with Crippen molar-refractivity contribution in [1.29, 1.82) is 0 Å². The summed E-state index contributed by atoms with van der Waals surface area (Å²) < 4.78 is 29.7. The second-order valence-electron chi connectivity index (χ2n) is 7.14. The molecule has 9 heteroatoms. The monoisotopic (exact) mass is 465 g/mol. The smallest absolute Gasteiger partial charge is 0.209 e. The van der Waals surface area contributed by atoms with Crippen LogP contribution in [0.1, 0.15) is 11.3 Å². The lowest BCUT2D eigenvalue weighted by atomic mass is 10.1. The zero-order chi connectivity index (χ0) is 23.5. The fourth-order valence-electron chi connectivity index (χ4n) is 3.28. The SMILES string of the molecule is Cc1cc(-n2cc(F)c(F)c2)ccc1-n1ccc(=O)c(C(C=CN)=Nc2cccc(Cl)c2)n1. The number of aryl methyl sites for hydroxylation is 1. The molecule has 0 aliphatic heterocycles. The van der Waals surface area contributed by atoms with Crippen LogP contribution in [0.4, 0.5) is 14.5 Å². The maximum Gasteiger partial charge on any atom is 0.209 e. The van der Waals surface area contributed by atoms with Crippen molar-refractivity contribution in [1.82, 2.24) is 14.3 Å². The van der Waals surface area contributed by atoms with Gasteiger partial charge in [-0.1, -0.05) is 17.7 Å². The van der Waals surface area contributed by atoms with Crippen molar-refractivity contribution in [2.24, 2.45) is 10.7 Å². The minimum absolute atomic E-state index is 0.0946. The number of halogens is 3. The molecule has 2 aromatic heterocycles. The number of rotatable bonds is 5. The molecule has 0 atom stereocenters. The first-order chi connectivity index (χ1) is 15.9. The molecule has 0 bridgehead atoms. The minimum atomic E-state index is -0.928. The Morgan fingerprint density at radius 1 is 1.12 bits per heavy atom. The molecule has 0 radical (unpaired) electrons. The maximum absolute atomic E-state index is 13.4. The highest BCUT2D eigenvalue weighted by Crippen LogP contribution is 2.21. The standard InChI is InChI=1S/C24H18ClF2N5O/c1-15-11-18(31-13-19(26)20(27)14-31)5-6-22(15)32-10-8-23(33)24(30-32)21(7-9-28)29-17-4-2-3-16(25)12-17/h2-14H,28H2,1H3. The molecular weight excluding hydrogens is 448 g/mol. The van der Waals surface area contributed by atoms with E-state index < -0.39 is 11.6 Å². The van der Waals surface area contributed by atoms with Crippen LogP contribution in [0, 0.1) is 18.6 Å². The Bertz CT molecular complexity index is 1440. The topological polar surface area (TPSA) is 78.2 Å². The molecule has 0 fully saturated rings. The molecule has 0 aliphatic carbocycles. The number of benzene rings is 2. The molecule has 0 saturated carbocycles. The first kappa shape index (κ1) is 22.2. The molecule has 0 saturated heterocycles. The van der Waals surface area contributed by atoms with Gasteiger partial charge in [0, 0.05) is 35.4 Å². The Labute approximate surface area is 192 Å². The van der Waals surface area contributed by atoms with Crippen molar-refractivity contribution in [3.05, 3.63) is 118 Å². The van der Waals surface area contributed by atoms with E-state index >= 15 is 0 Å². The normalized spacial score (nSPS) is 11.9. The highest BCUT2D eigenvalue weighted by atomic mass is 35.5. The van der Waals surface area contributed by atoms with Gasteiger partial charge >= 0.3 is 0 Å². The average Bonchev–Trinajstić information content (AvgIpc) is 3.12. The van der Waals surface area contributed by atoms with Gasteiger partial charge in [-0.25, -0.2) is 18.5 Å². The van der Waals surface area contributed by atoms with Crippen LogP contribution in [0.5, 0.6) is 0 Å². The zero-order valence-electron chi connectivity index (χ0n) is 17.4. The number of aliphatic imine (C=N–C) groups is 1. The molecule has 2 heterocycles. The molecule has 33 heavy (non-hydrogen) atoms. The molecule has 4 rings (SSSR count). The summed E-state index contributed by atoms with van der Waals surface area (Å²) in [6.45, 7) is 1.83. The second-order valence-corrected chi connectivity index (χ2v) is 7.58. The second kappa shape index (κ2) is 9.22. The number of nitrogens with two attached hydrogens (primary N) is 1. The number of hydrogen-bond donors (Lipinski definition) is 1. The van der Waals surface area contributed by atoms with Gasteiger partial charge in [0.25, 0.3) is 0 Å². The van der Waals surface area contributed by atoms with Gasteiger partial charge in [-0.15, -0.1) is 0 Å². The van der Waals surface area contributed by atoms with Crippen molar-refractivity contribution in [3.63, 3.8) is 0 Å². The lowest BCUT2D eigenvalue weighted by Crippen LogP contribution is -2.20.